The first-order valence-electron chi connectivity index (χ1n) is 7.69. The van der Waals surface area contributed by atoms with Gasteiger partial charge in [0.15, 0.2) is 0 Å². The predicted octanol–water partition coefficient (Wildman–Crippen LogP) is -1.55. The zero-order chi connectivity index (χ0) is 19.9. The van der Waals surface area contributed by atoms with Crippen LogP contribution in [0.25, 0.3) is 0 Å². The lowest BCUT2D eigenvalue weighted by atomic mass is 9.90. The van der Waals surface area contributed by atoms with E-state index in [2.05, 4.69) is 4.98 Å². The third kappa shape index (κ3) is 2.84. The van der Waals surface area contributed by atoms with E-state index in [0.717, 1.165) is 9.13 Å². The Bertz CT molecular complexity index is 1170. The van der Waals surface area contributed by atoms with Gasteiger partial charge in [0.25, 0.3) is 11.1 Å². The molecule has 0 saturated carbocycles. The van der Waals surface area contributed by atoms with E-state index in [4.69, 9.17) is 0 Å². The van der Waals surface area contributed by atoms with Crippen LogP contribution >= 0.6 is 0 Å². The van der Waals surface area contributed by atoms with Gasteiger partial charge >= 0.3 is 11.4 Å². The first-order valence-corrected chi connectivity index (χ1v) is 7.69. The maximum Gasteiger partial charge on any atom is 0.330 e. The Morgan fingerprint density at radius 3 is 1.78 bits per heavy atom. The quantitative estimate of drug-likeness (QED) is 0.431. The number of aromatic nitrogens is 5. The molecule has 4 N–H and O–H groups in total. The van der Waals surface area contributed by atoms with Crippen LogP contribution in [0.1, 0.15) is 22.7 Å². The Labute approximate surface area is 149 Å². The van der Waals surface area contributed by atoms with Crippen LogP contribution in [-0.2, 0) is 14.1 Å². The first kappa shape index (κ1) is 17.9. The minimum atomic E-state index is -1.35. The van der Waals surface area contributed by atoms with Crippen LogP contribution in [0.15, 0.2) is 43.6 Å². The van der Waals surface area contributed by atoms with Crippen LogP contribution in [-0.4, -0.2) is 34.3 Å². The summed E-state index contributed by atoms with van der Waals surface area (Å²) in [6.07, 6.45) is 1.39. The highest BCUT2D eigenvalue weighted by molar-refractivity contribution is 5.46. The van der Waals surface area contributed by atoms with Crippen molar-refractivity contribution in [2.45, 2.75) is 5.92 Å². The summed E-state index contributed by atoms with van der Waals surface area (Å²) in [6, 6.07) is 4.64. The van der Waals surface area contributed by atoms with Gasteiger partial charge in [-0.2, -0.15) is 0 Å². The van der Waals surface area contributed by atoms with Crippen LogP contribution in [0.4, 0.5) is 0 Å². The average Bonchev–Trinajstić information content (AvgIpc) is 2.64. The summed E-state index contributed by atoms with van der Waals surface area (Å²) < 4.78 is 1.56. The molecule has 3 aromatic rings. The highest BCUT2D eigenvalue weighted by Gasteiger charge is 2.32. The Hall–Kier alpha value is -3.89. The summed E-state index contributed by atoms with van der Waals surface area (Å²) in [5.74, 6) is -2.75. The van der Waals surface area contributed by atoms with E-state index in [-0.39, 0.29) is 16.8 Å². The standard InChI is InChI=1S/C16H15N5O6/c1-20-13(24)9(11(22)18-15(20)26)8(7-5-3-4-6-17-7)10-12(23)19-16(27)21(2)14(10)25/h3-6,8,24-25H,1-2H3,(H,18,22,26)(H,19,23,27). The van der Waals surface area contributed by atoms with Crippen molar-refractivity contribution in [1.82, 2.24) is 24.1 Å². The molecule has 0 aromatic carbocycles. The Kier molecular flexibility index (Phi) is 4.27. The fraction of sp³-hybridized carbons (Fsp3) is 0.188. The summed E-state index contributed by atoms with van der Waals surface area (Å²) >= 11 is 0. The Morgan fingerprint density at radius 2 is 1.37 bits per heavy atom. The van der Waals surface area contributed by atoms with Gasteiger partial charge in [-0.15, -0.1) is 0 Å². The molecule has 27 heavy (non-hydrogen) atoms. The first-order chi connectivity index (χ1) is 12.7. The molecule has 11 heteroatoms. The molecule has 0 atom stereocenters. The molecule has 140 valence electrons. The topological polar surface area (TPSA) is 163 Å². The second-order valence-corrected chi connectivity index (χ2v) is 5.80. The smallest absolute Gasteiger partial charge is 0.330 e. The third-order valence-electron chi connectivity index (χ3n) is 4.22. The van der Waals surface area contributed by atoms with E-state index >= 15 is 0 Å². The van der Waals surface area contributed by atoms with Crippen molar-refractivity contribution in [2.24, 2.45) is 14.1 Å². The maximum absolute atomic E-state index is 12.5. The van der Waals surface area contributed by atoms with E-state index < -0.39 is 40.2 Å². The average molecular weight is 373 g/mol. The minimum Gasteiger partial charge on any atom is -0.494 e. The van der Waals surface area contributed by atoms with Gasteiger partial charge in [-0.25, -0.2) is 9.59 Å². The van der Waals surface area contributed by atoms with Gasteiger partial charge in [0.2, 0.25) is 11.8 Å². The van der Waals surface area contributed by atoms with Gasteiger partial charge < -0.3 is 10.2 Å². The molecule has 0 aliphatic carbocycles. The largest absolute Gasteiger partial charge is 0.494 e. The fourth-order valence-electron chi connectivity index (χ4n) is 2.76. The fourth-order valence-corrected chi connectivity index (χ4v) is 2.76. The van der Waals surface area contributed by atoms with Gasteiger partial charge in [0.05, 0.1) is 22.7 Å². The lowest BCUT2D eigenvalue weighted by molar-refractivity contribution is 0.398. The molecular formula is C16H15N5O6. The van der Waals surface area contributed by atoms with Crippen molar-refractivity contribution in [3.05, 3.63) is 82.9 Å². The van der Waals surface area contributed by atoms with Gasteiger partial charge in [-0.05, 0) is 12.1 Å². The minimum absolute atomic E-state index is 0.136. The number of H-pyrrole nitrogens is 2. The van der Waals surface area contributed by atoms with Gasteiger partial charge in [0.1, 0.15) is 0 Å². The van der Waals surface area contributed by atoms with Crippen LogP contribution in [0.3, 0.4) is 0 Å². The number of aromatic hydroxyl groups is 2. The van der Waals surface area contributed by atoms with E-state index in [1.54, 1.807) is 12.1 Å². The zero-order valence-corrected chi connectivity index (χ0v) is 14.3. The molecular weight excluding hydrogens is 358 g/mol. The summed E-state index contributed by atoms with van der Waals surface area (Å²) in [5.41, 5.74) is -4.26. The normalized spacial score (nSPS) is 11.1. The summed E-state index contributed by atoms with van der Waals surface area (Å²) in [4.78, 5) is 56.5. The van der Waals surface area contributed by atoms with Crippen LogP contribution < -0.4 is 22.5 Å². The molecule has 0 saturated heterocycles. The number of aromatic amines is 2. The molecule has 3 aromatic heterocycles. The number of hydrogen-bond acceptors (Lipinski definition) is 7. The van der Waals surface area contributed by atoms with E-state index in [9.17, 15) is 29.4 Å². The molecule has 0 spiro atoms. The van der Waals surface area contributed by atoms with Crippen molar-refractivity contribution in [3.63, 3.8) is 0 Å². The molecule has 0 aliphatic heterocycles. The Balaban J connectivity index is 2.49. The number of rotatable bonds is 3. The lowest BCUT2D eigenvalue weighted by Gasteiger charge is -2.19. The monoisotopic (exact) mass is 373 g/mol. The zero-order valence-electron chi connectivity index (χ0n) is 14.3. The molecule has 3 heterocycles. The summed E-state index contributed by atoms with van der Waals surface area (Å²) in [7, 11) is 2.44. The number of nitrogens with one attached hydrogen (secondary N) is 2. The molecule has 0 aliphatic rings. The number of nitrogens with zero attached hydrogens (tertiary/aromatic N) is 3. The second-order valence-electron chi connectivity index (χ2n) is 5.80. The SMILES string of the molecule is Cn1c(O)c(C(c2ccccn2)c2c(O)n(C)c(=O)[nH]c2=O)c(=O)[nH]c1=O. The van der Waals surface area contributed by atoms with E-state index in [0.29, 0.717) is 0 Å². The molecule has 0 fully saturated rings. The lowest BCUT2D eigenvalue weighted by Crippen LogP contribution is -2.36. The third-order valence-corrected chi connectivity index (χ3v) is 4.22. The molecule has 11 nitrogen and oxygen atoms in total. The highest BCUT2D eigenvalue weighted by atomic mass is 16.3. The molecule has 3 rings (SSSR count). The number of hydrogen-bond donors (Lipinski definition) is 4. The van der Waals surface area contributed by atoms with Crippen molar-refractivity contribution in [3.8, 4) is 11.8 Å². The highest BCUT2D eigenvalue weighted by Crippen LogP contribution is 2.34. The van der Waals surface area contributed by atoms with Gasteiger partial charge in [0, 0.05) is 20.3 Å². The van der Waals surface area contributed by atoms with Crippen LogP contribution in [0.5, 0.6) is 11.8 Å². The van der Waals surface area contributed by atoms with Crippen molar-refractivity contribution in [1.29, 1.82) is 0 Å². The van der Waals surface area contributed by atoms with E-state index in [1.165, 1.54) is 26.4 Å². The molecule has 0 bridgehead atoms. The number of pyridine rings is 1. The Morgan fingerprint density at radius 1 is 0.889 bits per heavy atom. The van der Waals surface area contributed by atoms with Crippen molar-refractivity contribution in [2.75, 3.05) is 0 Å². The summed E-state index contributed by atoms with van der Waals surface area (Å²) in [6.45, 7) is 0. The van der Waals surface area contributed by atoms with E-state index in [1.807, 2.05) is 9.97 Å². The summed E-state index contributed by atoms with van der Waals surface area (Å²) in [5, 5.41) is 20.8. The second kappa shape index (κ2) is 6.44. The predicted molar refractivity (Wildman–Crippen MR) is 93.1 cm³/mol. The maximum atomic E-state index is 12.5. The van der Waals surface area contributed by atoms with Gasteiger partial charge in [-0.1, -0.05) is 6.07 Å². The van der Waals surface area contributed by atoms with Crippen molar-refractivity contribution >= 4 is 0 Å². The molecule has 0 unspecified atom stereocenters. The van der Waals surface area contributed by atoms with Crippen molar-refractivity contribution < 1.29 is 10.2 Å². The van der Waals surface area contributed by atoms with Gasteiger partial charge in [-0.3, -0.25) is 33.7 Å². The van der Waals surface area contributed by atoms with Crippen LogP contribution in [0.2, 0.25) is 0 Å². The molecule has 0 amide bonds. The van der Waals surface area contributed by atoms with Crippen LogP contribution in [0, 0.1) is 0 Å². The molecule has 0 radical (unpaired) electrons.